The van der Waals surface area contributed by atoms with Gasteiger partial charge in [-0.1, -0.05) is 12.1 Å². The highest BCUT2D eigenvalue weighted by Gasteiger charge is 2.16. The van der Waals surface area contributed by atoms with Gasteiger partial charge in [0, 0.05) is 10.9 Å². The Kier molecular flexibility index (Phi) is 2.36. The lowest BCUT2D eigenvalue weighted by Gasteiger charge is -2.00. The fraction of sp³-hybridized carbons (Fsp3) is 0.125. The topological polar surface area (TPSA) is 40.8 Å². The van der Waals surface area contributed by atoms with Gasteiger partial charge in [-0.2, -0.15) is 0 Å². The van der Waals surface area contributed by atoms with Crippen LogP contribution in [0.5, 0.6) is 17.2 Å². The number of rotatable bonds is 2. The van der Waals surface area contributed by atoms with E-state index in [1.54, 1.807) is 7.11 Å². The molecule has 0 spiro atoms. The largest absolute Gasteiger partial charge is 0.493 e. The molecule has 2 heterocycles. The van der Waals surface area contributed by atoms with Crippen LogP contribution in [0.15, 0.2) is 46.9 Å². The van der Waals surface area contributed by atoms with Crippen LogP contribution >= 0.6 is 0 Å². The molecule has 0 amide bonds. The Labute approximate surface area is 115 Å². The van der Waals surface area contributed by atoms with Gasteiger partial charge >= 0.3 is 0 Å². The first-order chi connectivity index (χ1) is 9.85. The third kappa shape index (κ3) is 1.61. The first-order valence-corrected chi connectivity index (χ1v) is 6.32. The number of furan rings is 1. The van der Waals surface area contributed by atoms with Crippen molar-refractivity contribution in [3.8, 4) is 28.6 Å². The highest BCUT2D eigenvalue weighted by Crippen LogP contribution is 2.38. The molecule has 0 saturated carbocycles. The van der Waals surface area contributed by atoms with Gasteiger partial charge in [0.15, 0.2) is 22.8 Å². The van der Waals surface area contributed by atoms with Gasteiger partial charge in [-0.05, 0) is 30.3 Å². The van der Waals surface area contributed by atoms with Crippen molar-refractivity contribution in [3.05, 3.63) is 42.5 Å². The molecule has 3 aromatic rings. The summed E-state index contributed by atoms with van der Waals surface area (Å²) in [7, 11) is 1.64. The molecule has 4 rings (SSSR count). The molecule has 4 heteroatoms. The lowest BCUT2D eigenvalue weighted by atomic mass is 10.1. The normalized spacial score (nSPS) is 12.8. The molecular weight excluding hydrogens is 256 g/mol. The van der Waals surface area contributed by atoms with E-state index in [2.05, 4.69) is 0 Å². The third-order valence-electron chi connectivity index (χ3n) is 3.38. The molecule has 0 bridgehead atoms. The van der Waals surface area contributed by atoms with E-state index in [4.69, 9.17) is 18.6 Å². The summed E-state index contributed by atoms with van der Waals surface area (Å²) >= 11 is 0. The summed E-state index contributed by atoms with van der Waals surface area (Å²) in [6.45, 7) is 0.271. The maximum Gasteiger partial charge on any atom is 0.231 e. The number of hydrogen-bond acceptors (Lipinski definition) is 4. The zero-order chi connectivity index (χ0) is 13.5. The summed E-state index contributed by atoms with van der Waals surface area (Å²) in [4.78, 5) is 0. The predicted molar refractivity (Wildman–Crippen MR) is 74.3 cm³/mol. The summed E-state index contributed by atoms with van der Waals surface area (Å²) in [5.74, 6) is 3.02. The summed E-state index contributed by atoms with van der Waals surface area (Å²) < 4.78 is 21.9. The first kappa shape index (κ1) is 11.2. The number of ether oxygens (including phenoxy) is 3. The molecule has 4 nitrogen and oxygen atoms in total. The van der Waals surface area contributed by atoms with Gasteiger partial charge in [-0.25, -0.2) is 0 Å². The minimum atomic E-state index is 0.271. The third-order valence-corrected chi connectivity index (χ3v) is 3.38. The van der Waals surface area contributed by atoms with E-state index in [-0.39, 0.29) is 6.79 Å². The van der Waals surface area contributed by atoms with E-state index in [1.165, 1.54) is 0 Å². The molecule has 1 aliphatic heterocycles. The lowest BCUT2D eigenvalue weighted by Crippen LogP contribution is -1.92. The standard InChI is InChI=1S/C16H12O4/c1-17-13-4-2-3-11-8-14(20-16(11)13)10-5-6-12-15(7-10)19-9-18-12/h2-8H,9H2,1H3. The molecule has 2 aromatic carbocycles. The van der Waals surface area contributed by atoms with Crippen LogP contribution in [0.1, 0.15) is 0 Å². The number of benzene rings is 2. The van der Waals surface area contributed by atoms with Crippen molar-refractivity contribution in [2.75, 3.05) is 13.9 Å². The number of methoxy groups -OCH3 is 1. The van der Waals surface area contributed by atoms with Crippen LogP contribution in [0.3, 0.4) is 0 Å². The van der Waals surface area contributed by atoms with Crippen LogP contribution in [-0.2, 0) is 0 Å². The second kappa shape index (κ2) is 4.20. The van der Waals surface area contributed by atoms with E-state index in [9.17, 15) is 0 Å². The number of fused-ring (bicyclic) bond motifs is 2. The molecule has 0 aliphatic carbocycles. The molecule has 1 aliphatic rings. The molecule has 1 aromatic heterocycles. The minimum absolute atomic E-state index is 0.271. The Bertz CT molecular complexity index is 788. The van der Waals surface area contributed by atoms with Crippen molar-refractivity contribution in [1.82, 2.24) is 0 Å². The zero-order valence-electron chi connectivity index (χ0n) is 10.9. The summed E-state index contributed by atoms with van der Waals surface area (Å²) in [6.07, 6.45) is 0. The Morgan fingerprint density at radius 3 is 2.80 bits per heavy atom. The summed E-state index contributed by atoms with van der Waals surface area (Å²) in [5.41, 5.74) is 1.70. The molecule has 0 unspecified atom stereocenters. The first-order valence-electron chi connectivity index (χ1n) is 6.32. The van der Waals surface area contributed by atoms with Gasteiger partial charge < -0.3 is 18.6 Å². The molecule has 0 saturated heterocycles. The Balaban J connectivity index is 1.86. The number of para-hydroxylation sites is 1. The van der Waals surface area contributed by atoms with E-state index >= 15 is 0 Å². The number of hydrogen-bond donors (Lipinski definition) is 0. The molecule has 0 radical (unpaired) electrons. The van der Waals surface area contributed by atoms with Crippen molar-refractivity contribution in [2.45, 2.75) is 0 Å². The van der Waals surface area contributed by atoms with E-state index < -0.39 is 0 Å². The van der Waals surface area contributed by atoms with E-state index in [0.717, 1.165) is 39.5 Å². The van der Waals surface area contributed by atoms with Crippen LogP contribution < -0.4 is 14.2 Å². The van der Waals surface area contributed by atoms with Gasteiger partial charge in [-0.3, -0.25) is 0 Å². The van der Waals surface area contributed by atoms with Crippen LogP contribution in [0.25, 0.3) is 22.3 Å². The fourth-order valence-corrected chi connectivity index (χ4v) is 2.39. The smallest absolute Gasteiger partial charge is 0.231 e. The maximum atomic E-state index is 5.91. The maximum absolute atomic E-state index is 5.91. The second-order valence-corrected chi connectivity index (χ2v) is 4.56. The molecule has 0 fully saturated rings. The van der Waals surface area contributed by atoms with Crippen molar-refractivity contribution < 1.29 is 18.6 Å². The van der Waals surface area contributed by atoms with Crippen LogP contribution in [-0.4, -0.2) is 13.9 Å². The van der Waals surface area contributed by atoms with Gasteiger partial charge in [0.25, 0.3) is 0 Å². The van der Waals surface area contributed by atoms with Crippen molar-refractivity contribution in [3.63, 3.8) is 0 Å². The lowest BCUT2D eigenvalue weighted by molar-refractivity contribution is 0.174. The second-order valence-electron chi connectivity index (χ2n) is 4.56. The van der Waals surface area contributed by atoms with E-state index in [0.29, 0.717) is 0 Å². The SMILES string of the molecule is COc1cccc2cc(-c3ccc4c(c3)OCO4)oc12. The van der Waals surface area contributed by atoms with E-state index in [1.807, 2.05) is 42.5 Å². The summed E-state index contributed by atoms with van der Waals surface area (Å²) in [6, 6.07) is 13.6. The van der Waals surface area contributed by atoms with Crippen LogP contribution in [0.2, 0.25) is 0 Å². The zero-order valence-corrected chi connectivity index (χ0v) is 10.9. The highest BCUT2D eigenvalue weighted by molar-refractivity contribution is 5.87. The van der Waals surface area contributed by atoms with Gasteiger partial charge in [0.05, 0.1) is 7.11 Å². The Morgan fingerprint density at radius 1 is 1.00 bits per heavy atom. The minimum Gasteiger partial charge on any atom is -0.493 e. The van der Waals surface area contributed by atoms with Crippen molar-refractivity contribution in [1.29, 1.82) is 0 Å². The summed E-state index contributed by atoms with van der Waals surface area (Å²) in [5, 5.41) is 1.01. The Hall–Kier alpha value is -2.62. The average molecular weight is 268 g/mol. The Morgan fingerprint density at radius 2 is 1.90 bits per heavy atom. The van der Waals surface area contributed by atoms with Crippen LogP contribution in [0, 0.1) is 0 Å². The van der Waals surface area contributed by atoms with Gasteiger partial charge in [0.1, 0.15) is 5.76 Å². The predicted octanol–water partition coefficient (Wildman–Crippen LogP) is 3.84. The van der Waals surface area contributed by atoms with Crippen molar-refractivity contribution in [2.24, 2.45) is 0 Å². The van der Waals surface area contributed by atoms with Crippen LogP contribution in [0.4, 0.5) is 0 Å². The van der Waals surface area contributed by atoms with Crippen molar-refractivity contribution >= 4 is 11.0 Å². The molecular formula is C16H12O4. The van der Waals surface area contributed by atoms with Gasteiger partial charge in [-0.15, -0.1) is 0 Å². The molecule has 20 heavy (non-hydrogen) atoms. The highest BCUT2D eigenvalue weighted by atomic mass is 16.7. The molecule has 100 valence electrons. The monoisotopic (exact) mass is 268 g/mol. The molecule has 0 atom stereocenters. The van der Waals surface area contributed by atoms with Gasteiger partial charge in [0.2, 0.25) is 6.79 Å². The fourth-order valence-electron chi connectivity index (χ4n) is 2.39. The molecule has 0 N–H and O–H groups in total. The quantitative estimate of drug-likeness (QED) is 0.708. The average Bonchev–Trinajstić information content (AvgIpc) is 3.11.